The Labute approximate surface area is 249 Å². The van der Waals surface area contributed by atoms with Crippen molar-refractivity contribution in [3.8, 4) is 28.6 Å². The molecule has 0 bridgehead atoms. The summed E-state index contributed by atoms with van der Waals surface area (Å²) in [4.78, 5) is 17.2. The lowest BCUT2D eigenvalue weighted by molar-refractivity contribution is -0.141. The largest absolute Gasteiger partial charge is 0.494 e. The lowest BCUT2D eigenvalue weighted by atomic mass is 9.87. The molecule has 0 fully saturated rings. The summed E-state index contributed by atoms with van der Waals surface area (Å²) in [6, 6.07) is 23.2. The molecule has 4 aromatic rings. The van der Waals surface area contributed by atoms with Gasteiger partial charge in [0.25, 0.3) is 5.89 Å². The van der Waals surface area contributed by atoms with E-state index in [9.17, 15) is 4.79 Å². The number of unbranched alkanes of at least 4 members (excludes halogenated alkanes) is 4. The zero-order valence-electron chi connectivity index (χ0n) is 25.5. The van der Waals surface area contributed by atoms with Gasteiger partial charge in [-0.15, -0.1) is 0 Å². The molecule has 1 N–H and O–H groups in total. The minimum atomic E-state index is -0.522. The van der Waals surface area contributed by atoms with Gasteiger partial charge in [-0.1, -0.05) is 94.9 Å². The number of methoxy groups -OCH3 is 1. The Balaban J connectivity index is 1.35. The van der Waals surface area contributed by atoms with Crippen molar-refractivity contribution in [1.29, 1.82) is 0 Å². The van der Waals surface area contributed by atoms with E-state index in [1.54, 1.807) is 0 Å². The molecule has 0 spiro atoms. The summed E-state index contributed by atoms with van der Waals surface area (Å²) in [7, 11) is 1.41. The normalized spacial score (nSPS) is 12.1. The van der Waals surface area contributed by atoms with E-state index < -0.39 is 6.04 Å². The first kappa shape index (κ1) is 30.8. The van der Waals surface area contributed by atoms with E-state index in [4.69, 9.17) is 14.0 Å². The summed E-state index contributed by atoms with van der Waals surface area (Å²) in [6.45, 7) is 9.48. The Hall–Kier alpha value is -4.13. The van der Waals surface area contributed by atoms with Crippen LogP contribution >= 0.6 is 0 Å². The standard InChI is InChI=1S/C35H43N3O4/c1-6-7-8-9-10-23-41-30-21-15-27(16-22-30)33-37-32(38-42-33)26-13-11-25(12-14-26)24-31(34(39)40-5)36-29-19-17-28(18-20-29)35(2,3)4/h11-22,31,36H,6-10,23-24H2,1-5H3/t31-/m0/s1. The highest BCUT2D eigenvalue weighted by molar-refractivity contribution is 5.79. The van der Waals surface area contributed by atoms with Gasteiger partial charge in [-0.3, -0.25) is 0 Å². The number of carbonyl (C=O) groups is 1. The number of esters is 1. The van der Waals surface area contributed by atoms with Gasteiger partial charge >= 0.3 is 5.97 Å². The predicted octanol–water partition coefficient (Wildman–Crippen LogP) is 8.25. The number of anilines is 1. The van der Waals surface area contributed by atoms with Gasteiger partial charge in [0.15, 0.2) is 0 Å². The number of hydrogen-bond donors (Lipinski definition) is 1. The van der Waals surface area contributed by atoms with Crippen LogP contribution in [0.5, 0.6) is 5.75 Å². The van der Waals surface area contributed by atoms with Crippen LogP contribution in [-0.4, -0.2) is 35.9 Å². The van der Waals surface area contributed by atoms with Gasteiger partial charge in [-0.2, -0.15) is 4.98 Å². The highest BCUT2D eigenvalue weighted by Crippen LogP contribution is 2.26. The number of benzene rings is 3. The number of hydrogen-bond acceptors (Lipinski definition) is 7. The molecule has 3 aromatic carbocycles. The molecule has 0 saturated heterocycles. The van der Waals surface area contributed by atoms with Crippen molar-refractivity contribution < 1.29 is 18.8 Å². The van der Waals surface area contributed by atoms with E-state index in [2.05, 4.69) is 55.3 Å². The van der Waals surface area contributed by atoms with Crippen LogP contribution in [0.1, 0.15) is 70.9 Å². The van der Waals surface area contributed by atoms with Gasteiger partial charge < -0.3 is 19.3 Å². The molecular formula is C35H43N3O4. The van der Waals surface area contributed by atoms with Crippen molar-refractivity contribution in [2.75, 3.05) is 19.0 Å². The zero-order chi connectivity index (χ0) is 30.0. The van der Waals surface area contributed by atoms with Gasteiger partial charge in [0.05, 0.1) is 13.7 Å². The van der Waals surface area contributed by atoms with E-state index in [0.717, 1.165) is 41.2 Å². The first-order valence-corrected chi connectivity index (χ1v) is 14.9. The third kappa shape index (κ3) is 8.68. The van der Waals surface area contributed by atoms with Crippen LogP contribution in [0.25, 0.3) is 22.8 Å². The second-order valence-electron chi connectivity index (χ2n) is 11.7. The molecule has 1 aromatic heterocycles. The lowest BCUT2D eigenvalue weighted by Crippen LogP contribution is -2.32. The van der Waals surface area contributed by atoms with Crippen LogP contribution in [-0.2, 0) is 21.4 Å². The summed E-state index contributed by atoms with van der Waals surface area (Å²) in [5.74, 6) is 1.48. The molecule has 42 heavy (non-hydrogen) atoms. The fraction of sp³-hybridized carbons (Fsp3) is 0.400. The minimum absolute atomic E-state index is 0.0635. The number of nitrogens with one attached hydrogen (secondary N) is 1. The number of carbonyl (C=O) groups excluding carboxylic acids is 1. The van der Waals surface area contributed by atoms with Crippen LogP contribution < -0.4 is 10.1 Å². The van der Waals surface area contributed by atoms with E-state index in [-0.39, 0.29) is 11.4 Å². The maximum Gasteiger partial charge on any atom is 0.328 e. The van der Waals surface area contributed by atoms with Crippen molar-refractivity contribution >= 4 is 11.7 Å². The maximum absolute atomic E-state index is 12.6. The van der Waals surface area contributed by atoms with Crippen molar-refractivity contribution in [3.05, 3.63) is 83.9 Å². The molecule has 7 nitrogen and oxygen atoms in total. The van der Waals surface area contributed by atoms with E-state index in [1.807, 2.05) is 60.7 Å². The second-order valence-corrected chi connectivity index (χ2v) is 11.7. The quantitative estimate of drug-likeness (QED) is 0.121. The lowest BCUT2D eigenvalue weighted by Gasteiger charge is -2.21. The first-order chi connectivity index (χ1) is 20.3. The summed E-state index contributed by atoms with van der Waals surface area (Å²) in [6.07, 6.45) is 6.53. The van der Waals surface area contributed by atoms with Crippen LogP contribution in [0.15, 0.2) is 77.3 Å². The van der Waals surface area contributed by atoms with Gasteiger partial charge in [-0.05, 0) is 59.4 Å². The van der Waals surface area contributed by atoms with Crippen LogP contribution in [0.3, 0.4) is 0 Å². The average molecular weight is 570 g/mol. The molecule has 1 heterocycles. The van der Waals surface area contributed by atoms with Crippen LogP contribution in [0, 0.1) is 0 Å². The van der Waals surface area contributed by atoms with Crippen molar-refractivity contribution in [3.63, 3.8) is 0 Å². The maximum atomic E-state index is 12.6. The highest BCUT2D eigenvalue weighted by atomic mass is 16.5. The molecule has 7 heteroatoms. The van der Waals surface area contributed by atoms with Gasteiger partial charge in [0.1, 0.15) is 11.8 Å². The molecule has 222 valence electrons. The summed E-state index contributed by atoms with van der Waals surface area (Å²) >= 11 is 0. The Bertz CT molecular complexity index is 1390. The van der Waals surface area contributed by atoms with E-state index >= 15 is 0 Å². The number of rotatable bonds is 14. The van der Waals surface area contributed by atoms with E-state index in [0.29, 0.717) is 18.1 Å². The Morgan fingerprint density at radius 3 is 2.19 bits per heavy atom. The molecule has 0 aliphatic heterocycles. The molecule has 0 aliphatic rings. The number of ether oxygens (including phenoxy) is 2. The number of nitrogens with zero attached hydrogens (tertiary/aromatic N) is 2. The SMILES string of the molecule is CCCCCCCOc1ccc(-c2nc(-c3ccc(C[C@H](Nc4ccc(C(C)(C)C)cc4)C(=O)OC)cc3)no2)cc1. The van der Waals surface area contributed by atoms with Gasteiger partial charge in [0, 0.05) is 23.2 Å². The molecule has 1 atom stereocenters. The molecular weight excluding hydrogens is 526 g/mol. The Morgan fingerprint density at radius 2 is 1.55 bits per heavy atom. The fourth-order valence-corrected chi connectivity index (χ4v) is 4.68. The van der Waals surface area contributed by atoms with Crippen LogP contribution in [0.4, 0.5) is 5.69 Å². The molecule has 0 saturated carbocycles. The second kappa shape index (κ2) is 14.7. The van der Waals surface area contributed by atoms with Crippen molar-refractivity contribution in [1.82, 2.24) is 10.1 Å². The molecule has 0 amide bonds. The minimum Gasteiger partial charge on any atom is -0.494 e. The van der Waals surface area contributed by atoms with Crippen molar-refractivity contribution in [2.24, 2.45) is 0 Å². The summed E-state index contributed by atoms with van der Waals surface area (Å²) < 4.78 is 16.5. The molecule has 4 rings (SSSR count). The smallest absolute Gasteiger partial charge is 0.328 e. The van der Waals surface area contributed by atoms with E-state index in [1.165, 1.54) is 38.4 Å². The highest BCUT2D eigenvalue weighted by Gasteiger charge is 2.21. The third-order valence-electron chi connectivity index (χ3n) is 7.27. The van der Waals surface area contributed by atoms with Gasteiger partial charge in [0.2, 0.25) is 5.82 Å². The van der Waals surface area contributed by atoms with Gasteiger partial charge in [-0.25, -0.2) is 4.79 Å². The monoisotopic (exact) mass is 569 g/mol. The summed E-state index contributed by atoms with van der Waals surface area (Å²) in [5.41, 5.74) is 4.82. The average Bonchev–Trinajstić information content (AvgIpc) is 3.49. The fourth-order valence-electron chi connectivity index (χ4n) is 4.68. The third-order valence-corrected chi connectivity index (χ3v) is 7.27. The molecule has 0 unspecified atom stereocenters. The predicted molar refractivity (Wildman–Crippen MR) is 168 cm³/mol. The molecule has 0 aliphatic carbocycles. The Kier molecular flexibility index (Phi) is 10.8. The zero-order valence-corrected chi connectivity index (χ0v) is 25.5. The number of aromatic nitrogens is 2. The molecule has 0 radical (unpaired) electrons. The summed E-state index contributed by atoms with van der Waals surface area (Å²) in [5, 5.41) is 7.51. The first-order valence-electron chi connectivity index (χ1n) is 14.9. The van der Waals surface area contributed by atoms with Crippen molar-refractivity contribution in [2.45, 2.75) is 77.7 Å². The van der Waals surface area contributed by atoms with Crippen LogP contribution in [0.2, 0.25) is 0 Å². The topological polar surface area (TPSA) is 86.5 Å². The Morgan fingerprint density at radius 1 is 0.881 bits per heavy atom.